The molecule has 0 aliphatic carbocycles. The largest absolute Gasteiger partial charge is 0.465 e. The molecule has 3 nitrogen and oxygen atoms in total. The minimum Gasteiger partial charge on any atom is -0.465 e. The van der Waals surface area contributed by atoms with Gasteiger partial charge in [-0.15, -0.1) is 0 Å². The monoisotopic (exact) mass is 225 g/mol. The van der Waals surface area contributed by atoms with Crippen LogP contribution in [-0.4, -0.2) is 29.2 Å². The molecule has 1 rings (SSSR count). The van der Waals surface area contributed by atoms with E-state index < -0.39 is 5.60 Å². The van der Waals surface area contributed by atoms with E-state index in [9.17, 15) is 5.11 Å². The van der Waals surface area contributed by atoms with E-state index in [0.29, 0.717) is 6.54 Å². The third-order valence-corrected chi connectivity index (χ3v) is 3.10. The lowest BCUT2D eigenvalue weighted by molar-refractivity contribution is 0.0000576. The summed E-state index contributed by atoms with van der Waals surface area (Å²) in [4.78, 5) is 2.10. The second kappa shape index (κ2) is 5.51. The van der Waals surface area contributed by atoms with Crippen LogP contribution < -0.4 is 0 Å². The van der Waals surface area contributed by atoms with Gasteiger partial charge in [0.2, 0.25) is 0 Å². The average molecular weight is 225 g/mol. The molecule has 1 heterocycles. The van der Waals surface area contributed by atoms with Crippen molar-refractivity contribution in [2.45, 2.75) is 45.8 Å². The number of rotatable bonds is 6. The van der Waals surface area contributed by atoms with E-state index in [4.69, 9.17) is 4.42 Å². The molecule has 0 fully saturated rings. The lowest BCUT2D eigenvalue weighted by Crippen LogP contribution is -2.40. The van der Waals surface area contributed by atoms with Crippen LogP contribution in [0.25, 0.3) is 0 Å². The Kier molecular flexibility index (Phi) is 4.56. The van der Waals surface area contributed by atoms with E-state index >= 15 is 0 Å². The summed E-state index contributed by atoms with van der Waals surface area (Å²) < 4.78 is 5.51. The van der Waals surface area contributed by atoms with E-state index in [2.05, 4.69) is 4.90 Å². The quantitative estimate of drug-likeness (QED) is 0.808. The normalized spacial score (nSPS) is 12.4. The Balaban J connectivity index is 2.50. The van der Waals surface area contributed by atoms with Crippen molar-refractivity contribution in [2.75, 3.05) is 13.6 Å². The first-order chi connectivity index (χ1) is 7.49. The molecule has 1 aromatic rings. The molecule has 1 N–H and O–H groups in total. The Morgan fingerprint density at radius 1 is 1.31 bits per heavy atom. The highest BCUT2D eigenvalue weighted by Crippen LogP contribution is 2.17. The van der Waals surface area contributed by atoms with Crippen LogP contribution in [0.15, 0.2) is 16.5 Å². The van der Waals surface area contributed by atoms with Crippen LogP contribution in [0.4, 0.5) is 0 Å². The molecule has 92 valence electrons. The van der Waals surface area contributed by atoms with E-state index in [1.165, 1.54) is 0 Å². The van der Waals surface area contributed by atoms with Crippen LogP contribution in [0.2, 0.25) is 0 Å². The molecule has 0 saturated carbocycles. The number of nitrogens with zero attached hydrogens (tertiary/aromatic N) is 1. The first-order valence-electron chi connectivity index (χ1n) is 5.95. The highest BCUT2D eigenvalue weighted by Gasteiger charge is 2.24. The van der Waals surface area contributed by atoms with Crippen molar-refractivity contribution >= 4 is 0 Å². The summed E-state index contributed by atoms with van der Waals surface area (Å²) in [6, 6.07) is 3.96. The van der Waals surface area contributed by atoms with Crippen LogP contribution in [0.3, 0.4) is 0 Å². The Labute approximate surface area is 98.1 Å². The van der Waals surface area contributed by atoms with Gasteiger partial charge in [-0.2, -0.15) is 0 Å². The summed E-state index contributed by atoms with van der Waals surface area (Å²) in [7, 11) is 2.01. The summed E-state index contributed by atoms with van der Waals surface area (Å²) in [5.41, 5.74) is -0.573. The molecule has 16 heavy (non-hydrogen) atoms. The summed E-state index contributed by atoms with van der Waals surface area (Å²) in [6.07, 6.45) is 1.57. The summed E-state index contributed by atoms with van der Waals surface area (Å²) >= 11 is 0. The third-order valence-electron chi connectivity index (χ3n) is 3.10. The molecular weight excluding hydrogens is 202 g/mol. The van der Waals surface area contributed by atoms with Gasteiger partial charge >= 0.3 is 0 Å². The van der Waals surface area contributed by atoms with Crippen molar-refractivity contribution in [3.05, 3.63) is 23.7 Å². The van der Waals surface area contributed by atoms with Crippen molar-refractivity contribution < 1.29 is 9.52 Å². The minimum atomic E-state index is -0.573. The van der Waals surface area contributed by atoms with Crippen molar-refractivity contribution in [1.82, 2.24) is 4.90 Å². The fourth-order valence-electron chi connectivity index (χ4n) is 1.87. The Morgan fingerprint density at radius 3 is 2.38 bits per heavy atom. The van der Waals surface area contributed by atoms with Gasteiger partial charge in [-0.05, 0) is 38.9 Å². The molecular formula is C13H23NO2. The van der Waals surface area contributed by atoms with Gasteiger partial charge in [0, 0.05) is 6.54 Å². The molecule has 0 bridgehead atoms. The molecule has 0 aliphatic heterocycles. The number of furan rings is 1. The molecule has 0 spiro atoms. The van der Waals surface area contributed by atoms with E-state index in [1.54, 1.807) is 0 Å². The van der Waals surface area contributed by atoms with Crippen LogP contribution in [-0.2, 0) is 6.54 Å². The predicted molar refractivity (Wildman–Crippen MR) is 65.3 cm³/mol. The van der Waals surface area contributed by atoms with Crippen molar-refractivity contribution in [3.8, 4) is 0 Å². The number of likely N-dealkylation sites (N-methyl/N-ethyl adjacent to an activating group) is 1. The second-order valence-corrected chi connectivity index (χ2v) is 4.62. The van der Waals surface area contributed by atoms with Crippen LogP contribution in [0, 0.1) is 6.92 Å². The molecule has 0 aliphatic rings. The van der Waals surface area contributed by atoms with E-state index in [-0.39, 0.29) is 0 Å². The smallest absolute Gasteiger partial charge is 0.118 e. The highest BCUT2D eigenvalue weighted by molar-refractivity contribution is 5.05. The van der Waals surface area contributed by atoms with Crippen molar-refractivity contribution in [3.63, 3.8) is 0 Å². The van der Waals surface area contributed by atoms with Crippen LogP contribution >= 0.6 is 0 Å². The second-order valence-electron chi connectivity index (χ2n) is 4.62. The summed E-state index contributed by atoms with van der Waals surface area (Å²) in [5, 5.41) is 10.2. The van der Waals surface area contributed by atoms with Gasteiger partial charge in [-0.1, -0.05) is 13.8 Å². The fourth-order valence-corrected chi connectivity index (χ4v) is 1.87. The van der Waals surface area contributed by atoms with Crippen molar-refractivity contribution in [2.24, 2.45) is 0 Å². The molecule has 0 unspecified atom stereocenters. The van der Waals surface area contributed by atoms with Crippen LogP contribution in [0.1, 0.15) is 38.2 Å². The SMILES string of the molecule is CCC(O)(CC)CN(C)Cc1ccc(C)o1. The predicted octanol–water partition coefficient (Wildman–Crippen LogP) is 2.57. The number of hydrogen-bond acceptors (Lipinski definition) is 3. The Bertz CT molecular complexity index is 315. The number of aryl methyl sites for hydroxylation is 1. The zero-order valence-electron chi connectivity index (χ0n) is 10.8. The summed E-state index contributed by atoms with van der Waals surface area (Å²) in [5.74, 6) is 1.89. The van der Waals surface area contributed by atoms with Gasteiger partial charge in [-0.25, -0.2) is 0 Å². The fraction of sp³-hybridized carbons (Fsp3) is 0.692. The van der Waals surface area contributed by atoms with E-state index in [1.807, 2.05) is 40.0 Å². The molecule has 0 amide bonds. The van der Waals surface area contributed by atoms with E-state index in [0.717, 1.165) is 30.9 Å². The number of hydrogen-bond donors (Lipinski definition) is 1. The third kappa shape index (κ3) is 3.65. The first kappa shape index (κ1) is 13.3. The zero-order valence-corrected chi connectivity index (χ0v) is 10.8. The maximum absolute atomic E-state index is 10.2. The standard InChI is InChI=1S/C13H23NO2/c1-5-13(15,6-2)10-14(4)9-12-8-7-11(3)16-12/h7-8,15H,5-6,9-10H2,1-4H3. The molecule has 3 heteroatoms. The maximum atomic E-state index is 10.2. The number of aliphatic hydroxyl groups is 1. The molecule has 0 aromatic carbocycles. The Morgan fingerprint density at radius 2 is 1.94 bits per heavy atom. The lowest BCUT2D eigenvalue weighted by Gasteiger charge is -2.30. The Hall–Kier alpha value is -0.800. The molecule has 0 saturated heterocycles. The first-order valence-corrected chi connectivity index (χ1v) is 5.95. The van der Waals surface area contributed by atoms with Gasteiger partial charge in [0.15, 0.2) is 0 Å². The highest BCUT2D eigenvalue weighted by atomic mass is 16.3. The average Bonchev–Trinajstić information content (AvgIpc) is 2.63. The summed E-state index contributed by atoms with van der Waals surface area (Å²) in [6.45, 7) is 7.41. The minimum absolute atomic E-state index is 0.573. The molecule has 0 atom stereocenters. The van der Waals surface area contributed by atoms with Gasteiger partial charge < -0.3 is 9.52 Å². The van der Waals surface area contributed by atoms with Gasteiger partial charge in [0.25, 0.3) is 0 Å². The zero-order chi connectivity index (χ0) is 12.2. The molecule has 0 radical (unpaired) electrons. The topological polar surface area (TPSA) is 36.6 Å². The van der Waals surface area contributed by atoms with Crippen LogP contribution in [0.5, 0.6) is 0 Å². The van der Waals surface area contributed by atoms with Gasteiger partial charge in [0.1, 0.15) is 11.5 Å². The lowest BCUT2D eigenvalue weighted by atomic mass is 9.97. The van der Waals surface area contributed by atoms with Crippen molar-refractivity contribution in [1.29, 1.82) is 0 Å². The van der Waals surface area contributed by atoms with Gasteiger partial charge in [0.05, 0.1) is 12.1 Å². The maximum Gasteiger partial charge on any atom is 0.118 e. The molecule has 1 aromatic heterocycles. The van der Waals surface area contributed by atoms with Gasteiger partial charge in [-0.3, -0.25) is 4.90 Å².